The van der Waals surface area contributed by atoms with Gasteiger partial charge in [0.05, 0.1) is 0 Å². The first-order chi connectivity index (χ1) is 8.70. The lowest BCUT2D eigenvalue weighted by Gasteiger charge is -2.25. The molecule has 0 radical (unpaired) electrons. The number of hydrogen-bond acceptors (Lipinski definition) is 2. The predicted molar refractivity (Wildman–Crippen MR) is 79.2 cm³/mol. The van der Waals surface area contributed by atoms with Crippen LogP contribution < -0.4 is 10.2 Å². The summed E-state index contributed by atoms with van der Waals surface area (Å²) >= 11 is 0. The van der Waals surface area contributed by atoms with Crippen molar-refractivity contribution in [2.45, 2.75) is 39.2 Å². The average Bonchev–Trinajstić information content (AvgIpc) is 2.82. The van der Waals surface area contributed by atoms with Crippen molar-refractivity contribution in [2.75, 3.05) is 25.5 Å². The van der Waals surface area contributed by atoms with Crippen LogP contribution in [0.25, 0.3) is 0 Å². The van der Waals surface area contributed by atoms with Crippen molar-refractivity contribution in [1.82, 2.24) is 5.32 Å². The van der Waals surface area contributed by atoms with Gasteiger partial charge in [-0.1, -0.05) is 25.0 Å². The van der Waals surface area contributed by atoms with Crippen LogP contribution in [0.3, 0.4) is 0 Å². The molecular weight excluding hydrogens is 220 g/mol. The van der Waals surface area contributed by atoms with Crippen LogP contribution in [0.15, 0.2) is 18.2 Å². The lowest BCUT2D eigenvalue weighted by molar-refractivity contribution is 0.546. The standard InChI is InChI=1S/C16H26N2/c1-13-10-15(11-17-2)8-9-16(13)18(3)12-14-6-4-5-7-14/h8-10,14,17H,4-7,11-12H2,1-3H3. The van der Waals surface area contributed by atoms with Gasteiger partial charge in [0.2, 0.25) is 0 Å². The predicted octanol–water partition coefficient (Wildman–Crippen LogP) is 3.34. The molecule has 2 heteroatoms. The molecule has 1 fully saturated rings. The Hall–Kier alpha value is -1.02. The number of nitrogens with one attached hydrogen (secondary N) is 1. The third-order valence-electron chi connectivity index (χ3n) is 4.06. The first kappa shape index (κ1) is 13.4. The van der Waals surface area contributed by atoms with Crippen LogP contribution in [0, 0.1) is 12.8 Å². The van der Waals surface area contributed by atoms with E-state index in [1.165, 1.54) is 49.0 Å². The molecule has 0 aromatic heterocycles. The quantitative estimate of drug-likeness (QED) is 0.857. The smallest absolute Gasteiger partial charge is 0.0393 e. The molecule has 100 valence electrons. The summed E-state index contributed by atoms with van der Waals surface area (Å²) in [4.78, 5) is 2.44. The molecule has 1 aromatic carbocycles. The Morgan fingerprint density at radius 3 is 2.61 bits per heavy atom. The molecule has 0 aliphatic heterocycles. The summed E-state index contributed by atoms with van der Waals surface area (Å²) in [5, 5.41) is 3.21. The molecular formula is C16H26N2. The molecule has 1 aliphatic rings. The number of rotatable bonds is 5. The van der Waals surface area contributed by atoms with Crippen LogP contribution in [0.1, 0.15) is 36.8 Å². The topological polar surface area (TPSA) is 15.3 Å². The first-order valence-corrected chi connectivity index (χ1v) is 7.16. The molecule has 1 aliphatic carbocycles. The van der Waals surface area contributed by atoms with Gasteiger partial charge < -0.3 is 10.2 Å². The normalized spacial score (nSPS) is 16.2. The molecule has 1 N–H and O–H groups in total. The second-order valence-corrected chi connectivity index (χ2v) is 5.68. The molecule has 0 heterocycles. The highest BCUT2D eigenvalue weighted by molar-refractivity contribution is 5.54. The summed E-state index contributed by atoms with van der Waals surface area (Å²) < 4.78 is 0. The van der Waals surface area contributed by atoms with Crippen LogP contribution in [0.2, 0.25) is 0 Å². The second-order valence-electron chi connectivity index (χ2n) is 5.68. The first-order valence-electron chi connectivity index (χ1n) is 7.16. The third-order valence-corrected chi connectivity index (χ3v) is 4.06. The summed E-state index contributed by atoms with van der Waals surface area (Å²) in [6, 6.07) is 6.82. The fourth-order valence-corrected chi connectivity index (χ4v) is 3.14. The molecule has 0 bridgehead atoms. The van der Waals surface area contributed by atoms with Gasteiger partial charge in [-0.25, -0.2) is 0 Å². The minimum atomic E-state index is 0.909. The Balaban J connectivity index is 2.02. The van der Waals surface area contributed by atoms with Crippen LogP contribution in [-0.2, 0) is 6.54 Å². The monoisotopic (exact) mass is 246 g/mol. The lowest BCUT2D eigenvalue weighted by atomic mass is 10.1. The van der Waals surface area contributed by atoms with E-state index < -0.39 is 0 Å². The molecule has 2 rings (SSSR count). The van der Waals surface area contributed by atoms with Crippen molar-refractivity contribution in [3.05, 3.63) is 29.3 Å². The van der Waals surface area contributed by atoms with E-state index in [9.17, 15) is 0 Å². The van der Waals surface area contributed by atoms with E-state index >= 15 is 0 Å². The van der Waals surface area contributed by atoms with Crippen molar-refractivity contribution in [1.29, 1.82) is 0 Å². The Morgan fingerprint density at radius 1 is 1.28 bits per heavy atom. The second kappa shape index (κ2) is 6.24. The minimum absolute atomic E-state index is 0.909. The summed E-state index contributed by atoms with van der Waals surface area (Å²) in [6.07, 6.45) is 5.69. The van der Waals surface area contributed by atoms with Gasteiger partial charge in [-0.3, -0.25) is 0 Å². The van der Waals surface area contributed by atoms with Gasteiger partial charge in [-0.2, -0.15) is 0 Å². The Morgan fingerprint density at radius 2 is 2.00 bits per heavy atom. The van der Waals surface area contributed by atoms with Crippen LogP contribution in [-0.4, -0.2) is 20.6 Å². The SMILES string of the molecule is CNCc1ccc(N(C)CC2CCCC2)c(C)c1. The van der Waals surface area contributed by atoms with Crippen LogP contribution >= 0.6 is 0 Å². The molecule has 18 heavy (non-hydrogen) atoms. The number of hydrogen-bond donors (Lipinski definition) is 1. The Bertz CT molecular complexity index is 381. The zero-order chi connectivity index (χ0) is 13.0. The summed E-state index contributed by atoms with van der Waals surface area (Å²) in [5.74, 6) is 0.909. The number of benzene rings is 1. The fraction of sp³-hybridized carbons (Fsp3) is 0.625. The molecule has 0 unspecified atom stereocenters. The highest BCUT2D eigenvalue weighted by atomic mass is 15.1. The lowest BCUT2D eigenvalue weighted by Crippen LogP contribution is -2.24. The zero-order valence-corrected chi connectivity index (χ0v) is 12.0. The van der Waals surface area contributed by atoms with Gasteiger partial charge >= 0.3 is 0 Å². The zero-order valence-electron chi connectivity index (χ0n) is 12.0. The molecule has 2 nitrogen and oxygen atoms in total. The Labute approximate surface area is 111 Å². The van der Waals surface area contributed by atoms with Crippen molar-refractivity contribution < 1.29 is 0 Å². The average molecular weight is 246 g/mol. The maximum atomic E-state index is 3.21. The van der Waals surface area contributed by atoms with Crippen LogP contribution in [0.4, 0.5) is 5.69 Å². The van der Waals surface area contributed by atoms with E-state index in [0.29, 0.717) is 0 Å². The van der Waals surface area contributed by atoms with Crippen molar-refractivity contribution in [2.24, 2.45) is 5.92 Å². The van der Waals surface area contributed by atoms with Gasteiger partial charge in [0, 0.05) is 25.8 Å². The number of aryl methyl sites for hydroxylation is 1. The summed E-state index contributed by atoms with van der Waals surface area (Å²) in [7, 11) is 4.23. The van der Waals surface area contributed by atoms with E-state index in [0.717, 1.165) is 12.5 Å². The summed E-state index contributed by atoms with van der Waals surface area (Å²) in [5.41, 5.74) is 4.15. The highest BCUT2D eigenvalue weighted by Gasteiger charge is 2.17. The Kier molecular flexibility index (Phi) is 4.65. The largest absolute Gasteiger partial charge is 0.374 e. The highest BCUT2D eigenvalue weighted by Crippen LogP contribution is 2.28. The molecule has 1 aromatic rings. The maximum absolute atomic E-state index is 3.21. The van der Waals surface area contributed by atoms with E-state index in [2.05, 4.69) is 42.4 Å². The van der Waals surface area contributed by atoms with E-state index in [-0.39, 0.29) is 0 Å². The summed E-state index contributed by atoms with van der Waals surface area (Å²) in [6.45, 7) is 4.39. The van der Waals surface area contributed by atoms with Crippen LogP contribution in [0.5, 0.6) is 0 Å². The third kappa shape index (κ3) is 3.26. The van der Waals surface area contributed by atoms with Crippen molar-refractivity contribution >= 4 is 5.69 Å². The molecule has 1 saturated carbocycles. The number of nitrogens with zero attached hydrogens (tertiary/aromatic N) is 1. The molecule has 0 saturated heterocycles. The fourth-order valence-electron chi connectivity index (χ4n) is 3.14. The molecule has 0 amide bonds. The number of anilines is 1. The van der Waals surface area contributed by atoms with Gasteiger partial charge in [-0.05, 0) is 49.9 Å². The van der Waals surface area contributed by atoms with Crippen molar-refractivity contribution in [3.63, 3.8) is 0 Å². The minimum Gasteiger partial charge on any atom is -0.374 e. The van der Waals surface area contributed by atoms with E-state index in [4.69, 9.17) is 0 Å². The van der Waals surface area contributed by atoms with E-state index in [1.54, 1.807) is 0 Å². The van der Waals surface area contributed by atoms with Gasteiger partial charge in [0.1, 0.15) is 0 Å². The van der Waals surface area contributed by atoms with Gasteiger partial charge in [0.25, 0.3) is 0 Å². The maximum Gasteiger partial charge on any atom is 0.0393 e. The van der Waals surface area contributed by atoms with Gasteiger partial charge in [-0.15, -0.1) is 0 Å². The molecule has 0 spiro atoms. The van der Waals surface area contributed by atoms with Crippen molar-refractivity contribution in [3.8, 4) is 0 Å². The molecule has 0 atom stereocenters. The van der Waals surface area contributed by atoms with E-state index in [1.807, 2.05) is 7.05 Å². The van der Waals surface area contributed by atoms with Gasteiger partial charge in [0.15, 0.2) is 0 Å².